The van der Waals surface area contributed by atoms with E-state index in [9.17, 15) is 4.39 Å². The molecule has 1 aliphatic rings. The Morgan fingerprint density at radius 3 is 2.78 bits per heavy atom. The normalized spacial score (nSPS) is 24.5. The summed E-state index contributed by atoms with van der Waals surface area (Å²) in [4.78, 5) is 2.27. The summed E-state index contributed by atoms with van der Waals surface area (Å²) < 4.78 is 18.9. The Kier molecular flexibility index (Phi) is 3.88. The molecule has 100 valence electrons. The highest BCUT2D eigenvalue weighted by molar-refractivity contribution is 5.43. The van der Waals surface area contributed by atoms with Crippen molar-refractivity contribution in [3.05, 3.63) is 29.1 Å². The lowest BCUT2D eigenvalue weighted by molar-refractivity contribution is 0.301. The molecule has 4 heteroatoms. The van der Waals surface area contributed by atoms with E-state index in [0.29, 0.717) is 23.8 Å². The molecule has 2 unspecified atom stereocenters. The van der Waals surface area contributed by atoms with Gasteiger partial charge in [0.25, 0.3) is 0 Å². The zero-order chi connectivity index (χ0) is 13.3. The molecule has 1 aliphatic heterocycles. The zero-order valence-electron chi connectivity index (χ0n) is 11.2. The molecular weight excluding hydrogens is 231 g/mol. The Morgan fingerprint density at radius 2 is 2.22 bits per heavy atom. The van der Waals surface area contributed by atoms with Crippen LogP contribution >= 0.6 is 0 Å². The molecule has 0 aromatic heterocycles. The second-order valence-electron chi connectivity index (χ2n) is 5.09. The number of halogens is 1. The van der Waals surface area contributed by atoms with Gasteiger partial charge in [-0.2, -0.15) is 0 Å². The second-order valence-corrected chi connectivity index (χ2v) is 5.09. The highest BCUT2D eigenvalue weighted by atomic mass is 19.1. The van der Waals surface area contributed by atoms with Gasteiger partial charge in [-0.05, 0) is 38.9 Å². The quantitative estimate of drug-likeness (QED) is 0.895. The minimum absolute atomic E-state index is 0.216. The first-order valence-corrected chi connectivity index (χ1v) is 6.31. The number of nitrogens with two attached hydrogens (primary N) is 1. The van der Waals surface area contributed by atoms with Crippen molar-refractivity contribution in [2.75, 3.05) is 27.2 Å². The maximum absolute atomic E-state index is 13.6. The van der Waals surface area contributed by atoms with Crippen molar-refractivity contribution in [3.8, 4) is 5.75 Å². The van der Waals surface area contributed by atoms with Gasteiger partial charge in [0.2, 0.25) is 0 Å². The number of hydrogen-bond donors (Lipinski definition) is 1. The molecule has 18 heavy (non-hydrogen) atoms. The van der Waals surface area contributed by atoms with E-state index in [-0.39, 0.29) is 11.9 Å². The molecule has 0 aliphatic carbocycles. The van der Waals surface area contributed by atoms with Gasteiger partial charge < -0.3 is 10.5 Å². The van der Waals surface area contributed by atoms with Crippen molar-refractivity contribution < 1.29 is 9.13 Å². The number of methoxy groups -OCH3 is 1. The molecule has 0 spiro atoms. The lowest BCUT2D eigenvalue weighted by atomic mass is 9.97. The number of rotatable bonds is 3. The summed E-state index contributed by atoms with van der Waals surface area (Å²) in [6.45, 7) is 3.44. The van der Waals surface area contributed by atoms with Crippen LogP contribution in [0.1, 0.15) is 23.6 Å². The van der Waals surface area contributed by atoms with Crippen LogP contribution in [0.4, 0.5) is 4.39 Å². The fourth-order valence-corrected chi connectivity index (χ4v) is 2.86. The van der Waals surface area contributed by atoms with Crippen molar-refractivity contribution >= 4 is 0 Å². The minimum atomic E-state index is -0.216. The molecule has 1 fully saturated rings. The van der Waals surface area contributed by atoms with Crippen LogP contribution in [0.5, 0.6) is 5.75 Å². The van der Waals surface area contributed by atoms with Crippen molar-refractivity contribution in [3.63, 3.8) is 0 Å². The van der Waals surface area contributed by atoms with Crippen molar-refractivity contribution in [1.29, 1.82) is 0 Å². The molecule has 1 aromatic rings. The van der Waals surface area contributed by atoms with Crippen LogP contribution in [-0.4, -0.2) is 32.1 Å². The van der Waals surface area contributed by atoms with Crippen molar-refractivity contribution in [2.45, 2.75) is 19.4 Å². The lowest BCUT2D eigenvalue weighted by Crippen LogP contribution is -2.21. The molecule has 1 saturated heterocycles. The molecule has 1 aromatic carbocycles. The van der Waals surface area contributed by atoms with Gasteiger partial charge in [-0.15, -0.1) is 0 Å². The zero-order valence-corrected chi connectivity index (χ0v) is 11.2. The largest absolute Gasteiger partial charge is 0.496 e. The van der Waals surface area contributed by atoms with E-state index in [4.69, 9.17) is 10.5 Å². The number of benzene rings is 1. The summed E-state index contributed by atoms with van der Waals surface area (Å²) in [6, 6.07) is 3.63. The minimum Gasteiger partial charge on any atom is -0.496 e. The summed E-state index contributed by atoms with van der Waals surface area (Å²) in [5, 5.41) is 0. The maximum atomic E-state index is 13.6. The van der Waals surface area contributed by atoms with Crippen LogP contribution in [0.2, 0.25) is 0 Å². The smallest absolute Gasteiger partial charge is 0.129 e. The molecule has 2 N–H and O–H groups in total. The van der Waals surface area contributed by atoms with E-state index < -0.39 is 0 Å². The van der Waals surface area contributed by atoms with Crippen molar-refractivity contribution in [2.24, 2.45) is 11.7 Å². The monoisotopic (exact) mass is 252 g/mol. The van der Waals surface area contributed by atoms with Crippen LogP contribution in [-0.2, 0) is 0 Å². The van der Waals surface area contributed by atoms with E-state index >= 15 is 0 Å². The third kappa shape index (κ3) is 2.22. The van der Waals surface area contributed by atoms with E-state index in [1.165, 1.54) is 6.07 Å². The van der Waals surface area contributed by atoms with E-state index in [2.05, 4.69) is 11.9 Å². The summed E-state index contributed by atoms with van der Waals surface area (Å²) in [5.41, 5.74) is 7.39. The Balaban J connectivity index is 2.36. The summed E-state index contributed by atoms with van der Waals surface area (Å²) >= 11 is 0. The van der Waals surface area contributed by atoms with Gasteiger partial charge in [0, 0.05) is 23.7 Å². The Bertz CT molecular complexity index is 436. The van der Waals surface area contributed by atoms with Gasteiger partial charge in [-0.25, -0.2) is 4.39 Å². The van der Waals surface area contributed by atoms with Crippen LogP contribution in [0.3, 0.4) is 0 Å². The average Bonchev–Trinajstić information content (AvgIpc) is 2.74. The first-order valence-electron chi connectivity index (χ1n) is 6.31. The van der Waals surface area contributed by atoms with Crippen LogP contribution < -0.4 is 10.5 Å². The van der Waals surface area contributed by atoms with E-state index in [0.717, 1.165) is 18.5 Å². The highest BCUT2D eigenvalue weighted by Crippen LogP contribution is 2.40. The molecule has 0 saturated carbocycles. The Hall–Kier alpha value is -1.13. The topological polar surface area (TPSA) is 38.5 Å². The molecule has 3 nitrogen and oxygen atoms in total. The predicted molar refractivity (Wildman–Crippen MR) is 70.2 cm³/mol. The maximum Gasteiger partial charge on any atom is 0.129 e. The average molecular weight is 252 g/mol. The lowest BCUT2D eigenvalue weighted by Gasteiger charge is -2.23. The molecule has 0 radical (unpaired) electrons. The molecule has 1 heterocycles. The van der Waals surface area contributed by atoms with E-state index in [1.54, 1.807) is 14.0 Å². The fraction of sp³-hybridized carbons (Fsp3) is 0.571. The number of nitrogens with zero attached hydrogens (tertiary/aromatic N) is 1. The third-order valence-electron chi connectivity index (χ3n) is 3.90. The van der Waals surface area contributed by atoms with Gasteiger partial charge in [0.05, 0.1) is 7.11 Å². The summed E-state index contributed by atoms with van der Waals surface area (Å²) in [7, 11) is 3.68. The fourth-order valence-electron chi connectivity index (χ4n) is 2.86. The van der Waals surface area contributed by atoms with Gasteiger partial charge in [0.1, 0.15) is 11.6 Å². The summed E-state index contributed by atoms with van der Waals surface area (Å²) in [6.07, 6.45) is 1.01. The van der Waals surface area contributed by atoms with Gasteiger partial charge in [-0.3, -0.25) is 4.90 Å². The third-order valence-corrected chi connectivity index (χ3v) is 3.90. The standard InChI is InChI=1S/C14H21FN2O/c1-9-12(15)5-4-11(14(9)18-3)13-6-10(7-16)8-17(13)2/h4-5,10,13H,6-8,16H2,1-3H3. The number of ether oxygens (including phenoxy) is 1. The SMILES string of the molecule is COc1c(C2CC(CN)CN2C)ccc(F)c1C. The van der Waals surface area contributed by atoms with Crippen LogP contribution in [0.25, 0.3) is 0 Å². The molecule has 0 amide bonds. The highest BCUT2D eigenvalue weighted by Gasteiger charge is 2.32. The molecular formula is C14H21FN2O. The van der Waals surface area contributed by atoms with Gasteiger partial charge in [-0.1, -0.05) is 6.07 Å². The molecule has 2 atom stereocenters. The van der Waals surface area contributed by atoms with Gasteiger partial charge in [0.15, 0.2) is 0 Å². The number of hydrogen-bond acceptors (Lipinski definition) is 3. The van der Waals surface area contributed by atoms with Crippen LogP contribution in [0, 0.1) is 18.7 Å². The number of likely N-dealkylation sites (tertiary alicyclic amines) is 1. The Morgan fingerprint density at radius 1 is 1.50 bits per heavy atom. The van der Waals surface area contributed by atoms with Gasteiger partial charge >= 0.3 is 0 Å². The Labute approximate surface area is 108 Å². The predicted octanol–water partition coefficient (Wildman–Crippen LogP) is 2.09. The van der Waals surface area contributed by atoms with Crippen LogP contribution in [0.15, 0.2) is 12.1 Å². The second kappa shape index (κ2) is 5.24. The first-order chi connectivity index (χ1) is 8.58. The van der Waals surface area contributed by atoms with E-state index in [1.807, 2.05) is 6.07 Å². The summed E-state index contributed by atoms with van der Waals surface area (Å²) in [5.74, 6) is 0.964. The molecule has 2 rings (SSSR count). The molecule has 0 bridgehead atoms. The first kappa shape index (κ1) is 13.3. The van der Waals surface area contributed by atoms with Crippen molar-refractivity contribution in [1.82, 2.24) is 4.90 Å².